The van der Waals surface area contributed by atoms with Crippen LogP contribution in [-0.4, -0.2) is 14.7 Å². The second kappa shape index (κ2) is 6.29. The highest BCUT2D eigenvalue weighted by atomic mass is 16.6. The van der Waals surface area contributed by atoms with E-state index in [-0.39, 0.29) is 10.6 Å². The molecule has 0 radical (unpaired) electrons. The molecule has 6 heteroatoms. The number of hydrogen-bond acceptors (Lipinski definition) is 4. The Hall–Kier alpha value is -2.21. The number of nitrogens with one attached hydrogen (secondary N) is 1. The molecule has 0 unspecified atom stereocenters. The van der Waals surface area contributed by atoms with E-state index in [2.05, 4.69) is 24.3 Å². The SMILES string of the molecule is CC(C)n1ccc(CNCc2cccc([N+](=O)[O-])c2)n1. The molecule has 6 nitrogen and oxygen atoms in total. The van der Waals surface area contributed by atoms with E-state index >= 15 is 0 Å². The summed E-state index contributed by atoms with van der Waals surface area (Å²) in [5, 5.41) is 18.4. The topological polar surface area (TPSA) is 73.0 Å². The molecular weight excluding hydrogens is 256 g/mol. The van der Waals surface area contributed by atoms with Gasteiger partial charge < -0.3 is 5.32 Å². The van der Waals surface area contributed by atoms with Crippen LogP contribution in [0, 0.1) is 10.1 Å². The predicted octanol–water partition coefficient (Wildman–Crippen LogP) is 2.66. The molecule has 0 bridgehead atoms. The van der Waals surface area contributed by atoms with E-state index in [0.717, 1.165) is 11.3 Å². The first-order valence-electron chi connectivity index (χ1n) is 6.54. The van der Waals surface area contributed by atoms with Gasteiger partial charge in [0.15, 0.2) is 0 Å². The Morgan fingerprint density at radius 2 is 2.15 bits per heavy atom. The van der Waals surface area contributed by atoms with E-state index < -0.39 is 0 Å². The van der Waals surface area contributed by atoms with Gasteiger partial charge >= 0.3 is 0 Å². The van der Waals surface area contributed by atoms with Crippen LogP contribution < -0.4 is 5.32 Å². The third-order valence-corrected chi connectivity index (χ3v) is 2.95. The van der Waals surface area contributed by atoms with Crippen molar-refractivity contribution in [3.63, 3.8) is 0 Å². The highest BCUT2D eigenvalue weighted by Gasteiger charge is 2.06. The van der Waals surface area contributed by atoms with Crippen molar-refractivity contribution in [2.75, 3.05) is 0 Å². The molecule has 1 aromatic heterocycles. The van der Waals surface area contributed by atoms with Crippen molar-refractivity contribution in [1.82, 2.24) is 15.1 Å². The van der Waals surface area contributed by atoms with Gasteiger partial charge in [0.05, 0.1) is 10.6 Å². The molecule has 1 heterocycles. The van der Waals surface area contributed by atoms with Crippen molar-refractivity contribution in [2.24, 2.45) is 0 Å². The van der Waals surface area contributed by atoms with Crippen LogP contribution in [-0.2, 0) is 13.1 Å². The molecule has 20 heavy (non-hydrogen) atoms. The number of non-ortho nitro benzene ring substituents is 1. The maximum absolute atomic E-state index is 10.7. The van der Waals surface area contributed by atoms with Gasteiger partial charge in [0.2, 0.25) is 0 Å². The van der Waals surface area contributed by atoms with Crippen LogP contribution in [0.1, 0.15) is 31.1 Å². The maximum Gasteiger partial charge on any atom is 0.269 e. The Morgan fingerprint density at radius 1 is 1.35 bits per heavy atom. The molecule has 106 valence electrons. The van der Waals surface area contributed by atoms with E-state index in [1.54, 1.807) is 12.1 Å². The molecule has 0 aliphatic carbocycles. The zero-order valence-corrected chi connectivity index (χ0v) is 11.6. The molecular formula is C14H18N4O2. The van der Waals surface area contributed by atoms with Gasteiger partial charge in [-0.2, -0.15) is 5.10 Å². The highest BCUT2D eigenvalue weighted by Crippen LogP contribution is 2.13. The first kappa shape index (κ1) is 14.2. The van der Waals surface area contributed by atoms with Crippen LogP contribution in [0.2, 0.25) is 0 Å². The lowest BCUT2D eigenvalue weighted by atomic mass is 10.2. The molecule has 0 atom stereocenters. The fraction of sp³-hybridized carbons (Fsp3) is 0.357. The normalized spacial score (nSPS) is 10.9. The molecule has 1 N–H and O–H groups in total. The van der Waals surface area contributed by atoms with E-state index in [1.165, 1.54) is 6.07 Å². The number of aromatic nitrogens is 2. The zero-order chi connectivity index (χ0) is 14.5. The van der Waals surface area contributed by atoms with Gasteiger partial charge in [-0.05, 0) is 25.5 Å². The lowest BCUT2D eigenvalue weighted by Crippen LogP contribution is -2.13. The Kier molecular flexibility index (Phi) is 4.47. The Balaban J connectivity index is 1.89. The van der Waals surface area contributed by atoms with Crippen LogP contribution in [0.3, 0.4) is 0 Å². The third kappa shape index (κ3) is 3.64. The Labute approximate surface area is 117 Å². The number of benzene rings is 1. The molecule has 0 aliphatic heterocycles. The lowest BCUT2D eigenvalue weighted by molar-refractivity contribution is -0.384. The number of nitro benzene ring substituents is 1. The van der Waals surface area contributed by atoms with Crippen LogP contribution >= 0.6 is 0 Å². The molecule has 2 rings (SSSR count). The molecule has 0 saturated heterocycles. The molecule has 0 amide bonds. The molecule has 1 aromatic carbocycles. The predicted molar refractivity (Wildman–Crippen MR) is 76.3 cm³/mol. The Bertz CT molecular complexity index is 592. The summed E-state index contributed by atoms with van der Waals surface area (Å²) in [6.07, 6.45) is 1.95. The van der Waals surface area contributed by atoms with E-state index in [0.29, 0.717) is 19.1 Å². The summed E-state index contributed by atoms with van der Waals surface area (Å²) in [4.78, 5) is 10.3. The van der Waals surface area contributed by atoms with E-state index in [4.69, 9.17) is 0 Å². The summed E-state index contributed by atoms with van der Waals surface area (Å²) in [6, 6.07) is 8.96. The molecule has 0 saturated carbocycles. The minimum absolute atomic E-state index is 0.119. The van der Waals surface area contributed by atoms with Crippen molar-refractivity contribution >= 4 is 5.69 Å². The van der Waals surface area contributed by atoms with Gasteiger partial charge in [0, 0.05) is 37.5 Å². The van der Waals surface area contributed by atoms with Crippen molar-refractivity contribution in [2.45, 2.75) is 33.0 Å². The van der Waals surface area contributed by atoms with Gasteiger partial charge in [-0.1, -0.05) is 12.1 Å². The summed E-state index contributed by atoms with van der Waals surface area (Å²) in [5.74, 6) is 0. The lowest BCUT2D eigenvalue weighted by Gasteiger charge is -2.05. The fourth-order valence-corrected chi connectivity index (χ4v) is 1.87. The van der Waals surface area contributed by atoms with E-state index in [9.17, 15) is 10.1 Å². The quantitative estimate of drug-likeness (QED) is 0.649. The van der Waals surface area contributed by atoms with Gasteiger partial charge in [-0.25, -0.2) is 0 Å². The fourth-order valence-electron chi connectivity index (χ4n) is 1.87. The number of hydrogen-bond donors (Lipinski definition) is 1. The van der Waals surface area contributed by atoms with Crippen LogP contribution in [0.4, 0.5) is 5.69 Å². The number of nitrogens with zero attached hydrogens (tertiary/aromatic N) is 3. The number of nitro groups is 1. The second-order valence-corrected chi connectivity index (χ2v) is 4.91. The Morgan fingerprint density at radius 3 is 2.80 bits per heavy atom. The van der Waals surface area contributed by atoms with Crippen molar-refractivity contribution < 1.29 is 4.92 Å². The van der Waals surface area contributed by atoms with Crippen molar-refractivity contribution in [3.05, 3.63) is 57.9 Å². The van der Waals surface area contributed by atoms with Crippen molar-refractivity contribution in [1.29, 1.82) is 0 Å². The van der Waals surface area contributed by atoms with Crippen LogP contribution in [0.25, 0.3) is 0 Å². The van der Waals surface area contributed by atoms with Crippen molar-refractivity contribution in [3.8, 4) is 0 Å². The number of rotatable bonds is 6. The first-order valence-corrected chi connectivity index (χ1v) is 6.54. The van der Waals surface area contributed by atoms with Crippen LogP contribution in [0.15, 0.2) is 36.5 Å². The van der Waals surface area contributed by atoms with Crippen LogP contribution in [0.5, 0.6) is 0 Å². The minimum Gasteiger partial charge on any atom is -0.307 e. The average molecular weight is 274 g/mol. The summed E-state index contributed by atoms with van der Waals surface area (Å²) in [6.45, 7) is 5.37. The molecule has 0 fully saturated rings. The standard InChI is InChI=1S/C14H18N4O2/c1-11(2)17-7-6-13(16-17)10-15-9-12-4-3-5-14(8-12)18(19)20/h3-8,11,15H,9-10H2,1-2H3. The first-order chi connectivity index (χ1) is 9.56. The van der Waals surface area contributed by atoms with Gasteiger partial charge in [-0.3, -0.25) is 14.8 Å². The summed E-state index contributed by atoms with van der Waals surface area (Å²) in [7, 11) is 0. The monoisotopic (exact) mass is 274 g/mol. The molecule has 0 spiro atoms. The second-order valence-electron chi connectivity index (χ2n) is 4.91. The summed E-state index contributed by atoms with van der Waals surface area (Å²) in [5.41, 5.74) is 1.97. The van der Waals surface area contributed by atoms with Gasteiger partial charge in [0.1, 0.15) is 0 Å². The molecule has 0 aliphatic rings. The highest BCUT2D eigenvalue weighted by molar-refractivity contribution is 5.34. The maximum atomic E-state index is 10.7. The van der Waals surface area contributed by atoms with E-state index in [1.807, 2.05) is 23.0 Å². The van der Waals surface area contributed by atoms with Gasteiger partial charge in [0.25, 0.3) is 5.69 Å². The smallest absolute Gasteiger partial charge is 0.269 e. The zero-order valence-electron chi connectivity index (χ0n) is 11.6. The van der Waals surface area contributed by atoms with Gasteiger partial charge in [-0.15, -0.1) is 0 Å². The minimum atomic E-state index is -0.381. The average Bonchev–Trinajstić information content (AvgIpc) is 2.88. The summed E-state index contributed by atoms with van der Waals surface area (Å²) < 4.78 is 1.91. The largest absolute Gasteiger partial charge is 0.307 e. The summed E-state index contributed by atoms with van der Waals surface area (Å²) >= 11 is 0. The third-order valence-electron chi connectivity index (χ3n) is 2.95. The molecule has 2 aromatic rings.